The van der Waals surface area contributed by atoms with Crippen LogP contribution in [0, 0.1) is 11.6 Å². The van der Waals surface area contributed by atoms with E-state index < -0.39 is 11.8 Å². The Labute approximate surface area is 180 Å². The van der Waals surface area contributed by atoms with Crippen molar-refractivity contribution in [3.05, 3.63) is 66.1 Å². The maximum atomic E-state index is 14.2. The van der Waals surface area contributed by atoms with Gasteiger partial charge in [0.05, 0.1) is 18.4 Å². The molecule has 0 aliphatic heterocycles. The quantitative estimate of drug-likeness (QED) is 0.379. The molecule has 11 heteroatoms. The second-order valence-corrected chi connectivity index (χ2v) is 6.86. The molecule has 3 heterocycles. The van der Waals surface area contributed by atoms with Crippen LogP contribution < -0.4 is 5.32 Å². The molecule has 0 fully saturated rings. The number of anilines is 1. The van der Waals surface area contributed by atoms with Gasteiger partial charge in [-0.25, -0.2) is 18.7 Å². The molecule has 0 unspecified atom stereocenters. The molecule has 4 rings (SSSR count). The van der Waals surface area contributed by atoms with Crippen LogP contribution in [0.4, 0.5) is 14.6 Å². The van der Waals surface area contributed by atoms with Gasteiger partial charge in [-0.1, -0.05) is 23.4 Å². The van der Waals surface area contributed by atoms with Crippen LogP contribution in [0.1, 0.15) is 18.4 Å². The minimum absolute atomic E-state index is 0.0475. The van der Waals surface area contributed by atoms with Crippen LogP contribution in [0.3, 0.4) is 0 Å². The number of halogens is 2. The van der Waals surface area contributed by atoms with E-state index in [-0.39, 0.29) is 37.0 Å². The van der Waals surface area contributed by atoms with Crippen molar-refractivity contribution in [2.45, 2.75) is 19.4 Å². The normalized spacial score (nSPS) is 10.9. The van der Waals surface area contributed by atoms with Crippen LogP contribution in [0.15, 0.2) is 53.4 Å². The molecule has 0 spiro atoms. The summed E-state index contributed by atoms with van der Waals surface area (Å²) in [6, 6.07) is 9.63. The summed E-state index contributed by atoms with van der Waals surface area (Å²) in [4.78, 5) is 18.8. The molecule has 1 aromatic carbocycles. The van der Waals surface area contributed by atoms with Crippen LogP contribution >= 0.6 is 0 Å². The van der Waals surface area contributed by atoms with Crippen LogP contribution in [0.2, 0.25) is 0 Å². The zero-order valence-electron chi connectivity index (χ0n) is 16.7. The number of benzene rings is 1. The van der Waals surface area contributed by atoms with Crippen molar-refractivity contribution in [2.75, 3.05) is 11.9 Å². The minimum Gasteiger partial charge on any atom is -0.481 e. The average Bonchev–Trinajstić information content (AvgIpc) is 3.44. The van der Waals surface area contributed by atoms with E-state index in [2.05, 4.69) is 25.5 Å². The van der Waals surface area contributed by atoms with Gasteiger partial charge >= 0.3 is 5.97 Å². The average molecular weight is 440 g/mol. The van der Waals surface area contributed by atoms with E-state index >= 15 is 0 Å². The lowest BCUT2D eigenvalue weighted by atomic mass is 10.2. The number of nitrogens with one attached hydrogen (secondary N) is 1. The predicted octanol–water partition coefficient (Wildman–Crippen LogP) is 3.60. The Kier molecular flexibility index (Phi) is 6.15. The Morgan fingerprint density at radius 2 is 2.00 bits per heavy atom. The fourth-order valence-electron chi connectivity index (χ4n) is 3.05. The van der Waals surface area contributed by atoms with Gasteiger partial charge in [-0.3, -0.25) is 9.48 Å². The van der Waals surface area contributed by atoms with Gasteiger partial charge in [0.15, 0.2) is 17.5 Å². The summed E-state index contributed by atoms with van der Waals surface area (Å²) in [5, 5.41) is 19.9. The van der Waals surface area contributed by atoms with Gasteiger partial charge in [0.25, 0.3) is 0 Å². The number of rotatable bonds is 9. The molecule has 4 aromatic rings. The summed E-state index contributed by atoms with van der Waals surface area (Å²) in [5.74, 6) is -1.90. The van der Waals surface area contributed by atoms with E-state index in [1.54, 1.807) is 30.3 Å². The first kappa shape index (κ1) is 21.1. The Morgan fingerprint density at radius 1 is 1.16 bits per heavy atom. The SMILES string of the molecule is O=C(O)CCCNc1nc(-c2cc(-c3ccon3)n(Cc3ccccc3F)n2)ncc1F. The lowest BCUT2D eigenvalue weighted by molar-refractivity contribution is -0.137. The highest BCUT2D eigenvalue weighted by atomic mass is 19.1. The predicted molar refractivity (Wildman–Crippen MR) is 110 cm³/mol. The number of aliphatic carboxylic acids is 1. The van der Waals surface area contributed by atoms with Crippen molar-refractivity contribution in [1.82, 2.24) is 24.9 Å². The molecule has 0 saturated heterocycles. The van der Waals surface area contributed by atoms with Gasteiger partial charge in [0.2, 0.25) is 0 Å². The fourth-order valence-corrected chi connectivity index (χ4v) is 3.05. The molecule has 0 amide bonds. The Morgan fingerprint density at radius 3 is 2.75 bits per heavy atom. The van der Waals surface area contributed by atoms with Crippen LogP contribution in [-0.4, -0.2) is 42.5 Å². The van der Waals surface area contributed by atoms with Gasteiger partial charge in [-0.2, -0.15) is 5.10 Å². The third-order valence-electron chi connectivity index (χ3n) is 4.59. The number of nitrogens with zero attached hydrogens (tertiary/aromatic N) is 5. The summed E-state index contributed by atoms with van der Waals surface area (Å²) < 4.78 is 34.8. The van der Waals surface area contributed by atoms with Crippen LogP contribution in [-0.2, 0) is 11.3 Å². The number of aromatic nitrogens is 5. The van der Waals surface area contributed by atoms with E-state index in [0.717, 1.165) is 6.20 Å². The zero-order valence-corrected chi connectivity index (χ0v) is 16.7. The van der Waals surface area contributed by atoms with Gasteiger partial charge in [-0.15, -0.1) is 0 Å². The Hall–Kier alpha value is -4.15. The van der Waals surface area contributed by atoms with Crippen molar-refractivity contribution >= 4 is 11.8 Å². The largest absolute Gasteiger partial charge is 0.481 e. The van der Waals surface area contributed by atoms with Gasteiger partial charge in [0.1, 0.15) is 23.5 Å². The van der Waals surface area contributed by atoms with Crippen molar-refractivity contribution < 1.29 is 23.2 Å². The molecule has 9 nitrogen and oxygen atoms in total. The molecule has 2 N–H and O–H groups in total. The number of carbonyl (C=O) groups is 1. The summed E-state index contributed by atoms with van der Waals surface area (Å²) in [5.41, 5.74) is 1.77. The second kappa shape index (κ2) is 9.33. The van der Waals surface area contributed by atoms with E-state index in [4.69, 9.17) is 9.63 Å². The Bertz CT molecular complexity index is 1230. The smallest absolute Gasteiger partial charge is 0.303 e. The molecule has 0 bridgehead atoms. The van der Waals surface area contributed by atoms with E-state index in [1.807, 2.05) is 0 Å². The minimum atomic E-state index is -0.934. The third kappa shape index (κ3) is 4.77. The van der Waals surface area contributed by atoms with E-state index in [1.165, 1.54) is 17.0 Å². The number of carboxylic acid groups (broad SMARTS) is 1. The molecule has 0 aliphatic carbocycles. The highest BCUT2D eigenvalue weighted by Crippen LogP contribution is 2.26. The molecule has 0 atom stereocenters. The van der Waals surface area contributed by atoms with Crippen LogP contribution in [0.5, 0.6) is 0 Å². The number of hydrogen-bond donors (Lipinski definition) is 2. The van der Waals surface area contributed by atoms with Crippen molar-refractivity contribution in [3.8, 4) is 22.9 Å². The van der Waals surface area contributed by atoms with Gasteiger partial charge < -0.3 is 14.9 Å². The third-order valence-corrected chi connectivity index (χ3v) is 4.59. The summed E-state index contributed by atoms with van der Waals surface area (Å²) in [7, 11) is 0. The summed E-state index contributed by atoms with van der Waals surface area (Å²) >= 11 is 0. The van der Waals surface area contributed by atoms with Crippen molar-refractivity contribution in [1.29, 1.82) is 0 Å². The lowest BCUT2D eigenvalue weighted by Gasteiger charge is -2.07. The monoisotopic (exact) mass is 440 g/mol. The van der Waals surface area contributed by atoms with Crippen molar-refractivity contribution in [2.24, 2.45) is 0 Å². The molecule has 0 aliphatic rings. The molecule has 0 radical (unpaired) electrons. The standard InChI is InChI=1S/C21H18F2N6O3/c22-14-5-2-1-4-13(14)12-29-18(16-7-9-32-28-16)10-17(27-29)21-25-11-15(23)20(26-21)24-8-3-6-19(30)31/h1-2,4-5,7,9-11H,3,6,8,12H2,(H,30,31)(H,24,25,26). The molecule has 0 saturated carbocycles. The fraction of sp³-hybridized carbons (Fsp3) is 0.190. The second-order valence-electron chi connectivity index (χ2n) is 6.86. The zero-order chi connectivity index (χ0) is 22.5. The molecule has 3 aromatic heterocycles. The first-order valence-electron chi connectivity index (χ1n) is 9.72. The first-order valence-corrected chi connectivity index (χ1v) is 9.72. The summed E-state index contributed by atoms with van der Waals surface area (Å²) in [6.45, 7) is 0.349. The maximum absolute atomic E-state index is 14.2. The summed E-state index contributed by atoms with van der Waals surface area (Å²) in [6.07, 6.45) is 2.67. The number of hydrogen-bond acceptors (Lipinski definition) is 7. The molecular formula is C21H18F2N6O3. The van der Waals surface area contributed by atoms with E-state index in [9.17, 15) is 13.6 Å². The lowest BCUT2D eigenvalue weighted by Crippen LogP contribution is -2.09. The molecule has 164 valence electrons. The Balaban J connectivity index is 1.64. The maximum Gasteiger partial charge on any atom is 0.303 e. The highest BCUT2D eigenvalue weighted by molar-refractivity contribution is 5.66. The first-order chi connectivity index (χ1) is 15.5. The van der Waals surface area contributed by atoms with Crippen molar-refractivity contribution in [3.63, 3.8) is 0 Å². The molecular weight excluding hydrogens is 422 g/mol. The highest BCUT2D eigenvalue weighted by Gasteiger charge is 2.18. The number of carboxylic acids is 1. The van der Waals surface area contributed by atoms with E-state index in [0.29, 0.717) is 29.1 Å². The van der Waals surface area contributed by atoms with Crippen LogP contribution in [0.25, 0.3) is 22.9 Å². The molecule has 32 heavy (non-hydrogen) atoms. The van der Waals surface area contributed by atoms with Gasteiger partial charge in [0, 0.05) is 24.6 Å². The van der Waals surface area contributed by atoms with Gasteiger partial charge in [-0.05, 0) is 18.6 Å². The topological polar surface area (TPSA) is 119 Å².